The Morgan fingerprint density at radius 1 is 1.30 bits per heavy atom. The van der Waals surface area contributed by atoms with Crippen molar-refractivity contribution in [2.24, 2.45) is 0 Å². The van der Waals surface area contributed by atoms with Gasteiger partial charge in [0.15, 0.2) is 0 Å². The summed E-state index contributed by atoms with van der Waals surface area (Å²) < 4.78 is 5.80. The number of ether oxygens (including phenoxy) is 1. The van der Waals surface area contributed by atoms with Crippen molar-refractivity contribution in [2.75, 3.05) is 19.7 Å². The summed E-state index contributed by atoms with van der Waals surface area (Å²) in [7, 11) is 0. The number of hydrogen-bond acceptors (Lipinski definition) is 3. The lowest BCUT2D eigenvalue weighted by atomic mass is 10.1. The van der Waals surface area contributed by atoms with Crippen LogP contribution in [0.25, 0.3) is 0 Å². The molecule has 0 saturated carbocycles. The van der Waals surface area contributed by atoms with E-state index in [-0.39, 0.29) is 12.0 Å². The maximum atomic E-state index is 12.4. The van der Waals surface area contributed by atoms with Gasteiger partial charge in [-0.25, -0.2) is 0 Å². The second kappa shape index (κ2) is 7.67. The average molecular weight is 370 g/mol. The fourth-order valence-corrected chi connectivity index (χ4v) is 3.65. The van der Waals surface area contributed by atoms with Gasteiger partial charge in [0.05, 0.1) is 23.2 Å². The summed E-state index contributed by atoms with van der Waals surface area (Å²) >= 11 is 13.7. The molecule has 1 aromatic heterocycles. The van der Waals surface area contributed by atoms with Gasteiger partial charge in [-0.15, -0.1) is 11.3 Å². The third-order valence-electron chi connectivity index (χ3n) is 3.90. The Labute approximate surface area is 149 Å². The number of carbonyl (C=O) groups is 1. The van der Waals surface area contributed by atoms with Crippen molar-refractivity contribution < 1.29 is 9.53 Å². The van der Waals surface area contributed by atoms with Crippen molar-refractivity contribution in [3.8, 4) is 0 Å². The largest absolute Gasteiger partial charge is 0.370 e. The highest BCUT2D eigenvalue weighted by molar-refractivity contribution is 7.09. The van der Waals surface area contributed by atoms with Crippen molar-refractivity contribution in [1.82, 2.24) is 4.90 Å². The molecule has 3 nitrogen and oxygen atoms in total. The summed E-state index contributed by atoms with van der Waals surface area (Å²) in [6.07, 6.45) is 1.18. The molecule has 0 aliphatic carbocycles. The number of morpholine rings is 1. The van der Waals surface area contributed by atoms with Crippen LogP contribution in [0.4, 0.5) is 0 Å². The normalized spacial score (nSPS) is 18.2. The molecule has 1 unspecified atom stereocenters. The third-order valence-corrected chi connectivity index (χ3v) is 5.58. The highest BCUT2D eigenvalue weighted by Gasteiger charge is 2.25. The molecule has 1 fully saturated rings. The Hall–Kier alpha value is -1.07. The molecule has 23 heavy (non-hydrogen) atoms. The van der Waals surface area contributed by atoms with Gasteiger partial charge in [0, 0.05) is 17.8 Å². The number of thiophene rings is 1. The molecule has 3 rings (SSSR count). The fraction of sp³-hybridized carbons (Fsp3) is 0.353. The van der Waals surface area contributed by atoms with Gasteiger partial charge in [-0.1, -0.05) is 35.3 Å². The highest BCUT2D eigenvalue weighted by Crippen LogP contribution is 2.29. The molecule has 1 aromatic carbocycles. The third kappa shape index (κ3) is 4.27. The lowest BCUT2D eigenvalue weighted by Gasteiger charge is -2.33. The van der Waals surface area contributed by atoms with Crippen LogP contribution in [0, 0.1) is 0 Å². The van der Waals surface area contributed by atoms with Crippen LogP contribution in [0.2, 0.25) is 10.0 Å². The molecule has 1 atom stereocenters. The van der Waals surface area contributed by atoms with E-state index >= 15 is 0 Å². The monoisotopic (exact) mass is 369 g/mol. The predicted octanol–water partition coefficient (Wildman–Crippen LogP) is 4.59. The molecule has 2 aromatic rings. The zero-order chi connectivity index (χ0) is 16.2. The summed E-state index contributed by atoms with van der Waals surface area (Å²) in [5.41, 5.74) is 0.954. The van der Waals surface area contributed by atoms with E-state index in [0.717, 1.165) is 12.0 Å². The van der Waals surface area contributed by atoms with Gasteiger partial charge in [-0.05, 0) is 35.6 Å². The van der Waals surface area contributed by atoms with Gasteiger partial charge in [0.25, 0.3) is 0 Å². The topological polar surface area (TPSA) is 29.5 Å². The zero-order valence-electron chi connectivity index (χ0n) is 12.5. The first-order valence-corrected chi connectivity index (χ1v) is 9.14. The van der Waals surface area contributed by atoms with E-state index in [2.05, 4.69) is 6.07 Å². The summed E-state index contributed by atoms with van der Waals surface area (Å²) in [6.45, 7) is 1.73. The molecule has 1 aliphatic rings. The van der Waals surface area contributed by atoms with E-state index in [9.17, 15) is 4.79 Å². The maximum absolute atomic E-state index is 12.4. The van der Waals surface area contributed by atoms with Crippen LogP contribution >= 0.6 is 34.5 Å². The first-order valence-electron chi connectivity index (χ1n) is 7.50. The van der Waals surface area contributed by atoms with Gasteiger partial charge >= 0.3 is 0 Å². The smallest absolute Gasteiger partial charge is 0.223 e. The first kappa shape index (κ1) is 16.8. The van der Waals surface area contributed by atoms with E-state index in [4.69, 9.17) is 27.9 Å². The van der Waals surface area contributed by atoms with Gasteiger partial charge in [-0.2, -0.15) is 0 Å². The minimum atomic E-state index is -0.149. The number of nitrogens with zero attached hydrogens (tertiary/aromatic N) is 1. The second-order valence-corrected chi connectivity index (χ2v) is 7.30. The lowest BCUT2D eigenvalue weighted by molar-refractivity contribution is -0.139. The average Bonchev–Trinajstić information content (AvgIpc) is 3.09. The van der Waals surface area contributed by atoms with E-state index < -0.39 is 0 Å². The van der Waals surface area contributed by atoms with Gasteiger partial charge < -0.3 is 9.64 Å². The van der Waals surface area contributed by atoms with Crippen LogP contribution in [-0.2, 0) is 16.0 Å². The van der Waals surface area contributed by atoms with Crippen LogP contribution in [0.15, 0.2) is 35.7 Å². The van der Waals surface area contributed by atoms with Gasteiger partial charge in [0.1, 0.15) is 6.10 Å². The van der Waals surface area contributed by atoms with E-state index in [1.54, 1.807) is 17.4 Å². The quantitative estimate of drug-likeness (QED) is 0.788. The Bertz CT molecular complexity index is 675. The van der Waals surface area contributed by atoms with Crippen LogP contribution in [0.1, 0.15) is 23.0 Å². The van der Waals surface area contributed by atoms with Crippen LogP contribution < -0.4 is 0 Å². The summed E-state index contributed by atoms with van der Waals surface area (Å²) in [5, 5.41) is 3.07. The molecule has 1 saturated heterocycles. The molecule has 1 amide bonds. The number of aryl methyl sites for hydroxylation is 1. The minimum absolute atomic E-state index is 0.149. The van der Waals surface area contributed by atoms with Crippen molar-refractivity contribution in [3.63, 3.8) is 0 Å². The van der Waals surface area contributed by atoms with Crippen molar-refractivity contribution >= 4 is 40.4 Å². The lowest BCUT2D eigenvalue weighted by Crippen LogP contribution is -2.42. The molecular formula is C17H17Cl2NO2S. The summed E-state index contributed by atoms with van der Waals surface area (Å²) in [6, 6.07) is 9.56. The summed E-state index contributed by atoms with van der Waals surface area (Å²) in [5.74, 6) is 0.173. The molecule has 6 heteroatoms. The van der Waals surface area contributed by atoms with E-state index in [1.165, 1.54) is 4.88 Å². The van der Waals surface area contributed by atoms with Crippen molar-refractivity contribution in [3.05, 3.63) is 56.2 Å². The second-order valence-electron chi connectivity index (χ2n) is 5.45. The zero-order valence-corrected chi connectivity index (χ0v) is 14.8. The number of carbonyl (C=O) groups excluding carboxylic acids is 1. The van der Waals surface area contributed by atoms with E-state index in [0.29, 0.717) is 36.2 Å². The number of amides is 1. The number of rotatable bonds is 4. The highest BCUT2D eigenvalue weighted by atomic mass is 35.5. The van der Waals surface area contributed by atoms with Crippen molar-refractivity contribution in [1.29, 1.82) is 0 Å². The molecule has 122 valence electrons. The summed E-state index contributed by atoms with van der Waals surface area (Å²) in [4.78, 5) is 15.5. The van der Waals surface area contributed by atoms with Crippen LogP contribution in [0.3, 0.4) is 0 Å². The standard InChI is InChI=1S/C17H17Cl2NO2S/c18-14-5-3-12(10-15(14)19)16-11-20(7-8-22-16)17(21)6-4-13-2-1-9-23-13/h1-3,5,9-10,16H,4,6-8,11H2. The molecule has 1 aliphatic heterocycles. The van der Waals surface area contributed by atoms with E-state index in [1.807, 2.05) is 28.5 Å². The minimum Gasteiger partial charge on any atom is -0.370 e. The number of benzene rings is 1. The molecule has 0 bridgehead atoms. The Balaban J connectivity index is 1.60. The molecule has 0 N–H and O–H groups in total. The predicted molar refractivity (Wildman–Crippen MR) is 94.4 cm³/mol. The first-order chi connectivity index (χ1) is 11.1. The van der Waals surface area contributed by atoms with Crippen LogP contribution in [0.5, 0.6) is 0 Å². The number of halogens is 2. The molecular weight excluding hydrogens is 353 g/mol. The van der Waals surface area contributed by atoms with Crippen molar-refractivity contribution in [2.45, 2.75) is 18.9 Å². The molecule has 0 spiro atoms. The Kier molecular flexibility index (Phi) is 5.59. The van der Waals surface area contributed by atoms with Gasteiger partial charge in [0.2, 0.25) is 5.91 Å². The van der Waals surface area contributed by atoms with Gasteiger partial charge in [-0.3, -0.25) is 4.79 Å². The maximum Gasteiger partial charge on any atom is 0.223 e. The SMILES string of the molecule is O=C(CCc1cccs1)N1CCOC(c2ccc(Cl)c(Cl)c2)C1. The fourth-order valence-electron chi connectivity index (χ4n) is 2.63. The molecule has 2 heterocycles. The van der Waals surface area contributed by atoms with Crippen LogP contribution in [-0.4, -0.2) is 30.5 Å². The Morgan fingerprint density at radius 2 is 2.17 bits per heavy atom. The Morgan fingerprint density at radius 3 is 2.91 bits per heavy atom. The molecule has 0 radical (unpaired) electrons. The number of hydrogen-bond donors (Lipinski definition) is 0.